The van der Waals surface area contributed by atoms with Crippen molar-refractivity contribution in [3.63, 3.8) is 0 Å². The van der Waals surface area contributed by atoms with Gasteiger partial charge in [0.15, 0.2) is 0 Å². The third-order valence-corrected chi connectivity index (χ3v) is 5.53. The molecule has 1 aromatic heterocycles. The summed E-state index contributed by atoms with van der Waals surface area (Å²) in [5.41, 5.74) is 2.10. The predicted molar refractivity (Wildman–Crippen MR) is 104 cm³/mol. The van der Waals surface area contributed by atoms with Gasteiger partial charge in [0.25, 0.3) is 5.91 Å². The molecular formula is C20H15ClN2O2S. The molecule has 2 aromatic carbocycles. The average Bonchev–Trinajstić information content (AvgIpc) is 3.31. The number of thiophene rings is 1. The first-order chi connectivity index (χ1) is 12.6. The van der Waals surface area contributed by atoms with E-state index in [4.69, 9.17) is 11.6 Å². The summed E-state index contributed by atoms with van der Waals surface area (Å²) in [5.74, 6) is -0.0901. The van der Waals surface area contributed by atoms with Gasteiger partial charge in [-0.25, -0.2) is 5.01 Å². The second-order valence-electron chi connectivity index (χ2n) is 5.97. The Morgan fingerprint density at radius 3 is 2.73 bits per heavy atom. The van der Waals surface area contributed by atoms with Gasteiger partial charge in [0, 0.05) is 6.42 Å². The number of halogens is 1. The monoisotopic (exact) mass is 382 g/mol. The SMILES string of the molecule is O=C(c1ccccc1Cl)N1N=C(c2cccs2)C[C@@H]1c1cccc(O)c1. The summed E-state index contributed by atoms with van der Waals surface area (Å²) in [4.78, 5) is 14.2. The quantitative estimate of drug-likeness (QED) is 0.685. The largest absolute Gasteiger partial charge is 0.508 e. The molecule has 0 fully saturated rings. The number of carbonyl (C=O) groups is 1. The Morgan fingerprint density at radius 1 is 1.15 bits per heavy atom. The predicted octanol–water partition coefficient (Wildman–Crippen LogP) is 5.10. The van der Waals surface area contributed by atoms with Gasteiger partial charge in [0.1, 0.15) is 5.75 Å². The van der Waals surface area contributed by atoms with E-state index in [-0.39, 0.29) is 17.7 Å². The summed E-state index contributed by atoms with van der Waals surface area (Å²) in [6, 6.07) is 17.6. The maximum atomic E-state index is 13.1. The maximum Gasteiger partial charge on any atom is 0.276 e. The Labute approximate surface area is 160 Å². The third-order valence-electron chi connectivity index (χ3n) is 4.28. The van der Waals surface area contributed by atoms with Crippen LogP contribution in [-0.4, -0.2) is 21.7 Å². The second kappa shape index (κ2) is 6.94. The number of rotatable bonds is 3. The average molecular weight is 383 g/mol. The molecule has 4 rings (SSSR count). The van der Waals surface area contributed by atoms with Crippen molar-refractivity contribution < 1.29 is 9.90 Å². The van der Waals surface area contributed by atoms with Crippen molar-refractivity contribution >= 4 is 34.6 Å². The van der Waals surface area contributed by atoms with Gasteiger partial charge in [-0.1, -0.05) is 41.9 Å². The van der Waals surface area contributed by atoms with Crippen molar-refractivity contribution in [2.45, 2.75) is 12.5 Å². The number of aromatic hydroxyl groups is 1. The lowest BCUT2D eigenvalue weighted by atomic mass is 10.0. The minimum absolute atomic E-state index is 0.164. The summed E-state index contributed by atoms with van der Waals surface area (Å²) in [6.45, 7) is 0. The molecule has 0 aliphatic carbocycles. The Hall–Kier alpha value is -2.63. The van der Waals surface area contributed by atoms with Crippen molar-refractivity contribution in [2.24, 2.45) is 5.10 Å². The molecule has 0 spiro atoms. The summed E-state index contributed by atoms with van der Waals surface area (Å²) >= 11 is 7.81. The van der Waals surface area contributed by atoms with Crippen LogP contribution in [0.25, 0.3) is 0 Å². The molecule has 2 heterocycles. The summed E-state index contributed by atoms with van der Waals surface area (Å²) in [7, 11) is 0. The first-order valence-corrected chi connectivity index (χ1v) is 9.37. The molecule has 0 saturated heterocycles. The van der Waals surface area contributed by atoms with Crippen LogP contribution in [0.3, 0.4) is 0 Å². The third kappa shape index (κ3) is 3.11. The number of hydrogen-bond acceptors (Lipinski definition) is 4. The highest BCUT2D eigenvalue weighted by Gasteiger charge is 2.34. The molecule has 0 radical (unpaired) electrons. The van der Waals surface area contributed by atoms with Crippen LogP contribution >= 0.6 is 22.9 Å². The number of carbonyl (C=O) groups excluding carboxylic acids is 1. The number of hydrazone groups is 1. The molecule has 0 saturated carbocycles. The van der Waals surface area contributed by atoms with E-state index in [1.807, 2.05) is 23.6 Å². The molecule has 1 atom stereocenters. The Bertz CT molecular complexity index is 985. The highest BCUT2D eigenvalue weighted by atomic mass is 35.5. The fraction of sp³-hybridized carbons (Fsp3) is 0.100. The first-order valence-electron chi connectivity index (χ1n) is 8.12. The zero-order chi connectivity index (χ0) is 18.1. The smallest absolute Gasteiger partial charge is 0.276 e. The molecular weight excluding hydrogens is 368 g/mol. The van der Waals surface area contributed by atoms with Crippen molar-refractivity contribution in [2.75, 3.05) is 0 Å². The van der Waals surface area contributed by atoms with Gasteiger partial charge in [0.2, 0.25) is 0 Å². The van der Waals surface area contributed by atoms with Crippen molar-refractivity contribution in [3.8, 4) is 5.75 Å². The van der Waals surface area contributed by atoms with Crippen LogP contribution in [-0.2, 0) is 0 Å². The standard InChI is InChI=1S/C20H15ClN2O2S/c21-16-8-2-1-7-15(16)20(25)23-18(13-5-3-6-14(24)11-13)12-17(22-23)19-9-4-10-26-19/h1-11,18,24H,12H2/t18-/m1/s1. The van der Waals surface area contributed by atoms with Crippen LogP contribution in [0.1, 0.15) is 33.3 Å². The summed E-state index contributed by atoms with van der Waals surface area (Å²) in [6.07, 6.45) is 0.583. The van der Waals surface area contributed by atoms with Crippen molar-refractivity contribution in [1.29, 1.82) is 0 Å². The number of amides is 1. The van der Waals surface area contributed by atoms with Gasteiger partial charge < -0.3 is 5.11 Å². The van der Waals surface area contributed by atoms with Gasteiger partial charge >= 0.3 is 0 Å². The highest BCUT2D eigenvalue weighted by molar-refractivity contribution is 7.12. The molecule has 3 aromatic rings. The van der Waals surface area contributed by atoms with Gasteiger partial charge in [0.05, 0.1) is 27.2 Å². The van der Waals surface area contributed by atoms with E-state index >= 15 is 0 Å². The van der Waals surface area contributed by atoms with Crippen molar-refractivity contribution in [3.05, 3.63) is 87.1 Å². The van der Waals surface area contributed by atoms with Crippen LogP contribution in [0, 0.1) is 0 Å². The Kier molecular flexibility index (Phi) is 4.49. The van der Waals surface area contributed by atoms with Crippen LogP contribution < -0.4 is 0 Å². The van der Waals surface area contributed by atoms with Gasteiger partial charge in [-0.15, -0.1) is 11.3 Å². The van der Waals surface area contributed by atoms with E-state index in [9.17, 15) is 9.90 Å². The molecule has 0 unspecified atom stereocenters. The molecule has 1 N–H and O–H groups in total. The highest BCUT2D eigenvalue weighted by Crippen LogP contribution is 2.36. The zero-order valence-corrected chi connectivity index (χ0v) is 15.2. The fourth-order valence-corrected chi connectivity index (χ4v) is 3.98. The number of phenolic OH excluding ortho intramolecular Hbond substituents is 1. The van der Waals surface area contributed by atoms with E-state index in [1.54, 1.807) is 53.8 Å². The summed E-state index contributed by atoms with van der Waals surface area (Å²) in [5, 5.41) is 18.3. The fourth-order valence-electron chi connectivity index (χ4n) is 3.04. The zero-order valence-electron chi connectivity index (χ0n) is 13.7. The number of benzene rings is 2. The second-order valence-corrected chi connectivity index (χ2v) is 7.32. The van der Waals surface area contributed by atoms with Crippen LogP contribution in [0.4, 0.5) is 0 Å². The molecule has 1 aliphatic heterocycles. The number of hydrogen-bond donors (Lipinski definition) is 1. The number of phenols is 1. The van der Waals surface area contributed by atoms with E-state index in [0.29, 0.717) is 17.0 Å². The normalized spacial score (nSPS) is 16.6. The minimum atomic E-state index is -0.289. The molecule has 130 valence electrons. The van der Waals surface area contributed by atoms with Crippen molar-refractivity contribution in [1.82, 2.24) is 5.01 Å². The van der Waals surface area contributed by atoms with Crippen LogP contribution in [0.5, 0.6) is 5.75 Å². The van der Waals surface area contributed by atoms with Gasteiger partial charge in [-0.2, -0.15) is 5.10 Å². The molecule has 4 nitrogen and oxygen atoms in total. The lowest BCUT2D eigenvalue weighted by Crippen LogP contribution is -2.27. The van der Waals surface area contributed by atoms with Crippen LogP contribution in [0.2, 0.25) is 5.02 Å². The molecule has 0 bridgehead atoms. The van der Waals surface area contributed by atoms with Crippen LogP contribution in [0.15, 0.2) is 71.1 Å². The lowest BCUT2D eigenvalue weighted by Gasteiger charge is -2.22. The molecule has 1 aliphatic rings. The lowest BCUT2D eigenvalue weighted by molar-refractivity contribution is 0.0711. The first kappa shape index (κ1) is 16.8. The van der Waals surface area contributed by atoms with Gasteiger partial charge in [-0.05, 0) is 41.3 Å². The molecule has 1 amide bonds. The van der Waals surface area contributed by atoms with Gasteiger partial charge in [-0.3, -0.25) is 4.79 Å². The van der Waals surface area contributed by atoms with E-state index in [0.717, 1.165) is 16.2 Å². The Morgan fingerprint density at radius 2 is 2.00 bits per heavy atom. The molecule has 26 heavy (non-hydrogen) atoms. The maximum absolute atomic E-state index is 13.1. The van der Waals surface area contributed by atoms with E-state index < -0.39 is 0 Å². The van der Waals surface area contributed by atoms with E-state index in [1.165, 1.54) is 5.01 Å². The summed E-state index contributed by atoms with van der Waals surface area (Å²) < 4.78 is 0. The number of nitrogens with zero attached hydrogens (tertiary/aromatic N) is 2. The van der Waals surface area contributed by atoms with E-state index in [2.05, 4.69) is 5.10 Å². The minimum Gasteiger partial charge on any atom is -0.508 e. The Balaban J connectivity index is 1.76. The molecule has 6 heteroatoms. The topological polar surface area (TPSA) is 52.9 Å².